The summed E-state index contributed by atoms with van der Waals surface area (Å²) >= 11 is 6.05. The molecule has 1 aromatic carbocycles. The molecule has 0 atom stereocenters. The number of carbonyl (C=O) groups excluding carboxylic acids is 1. The molecule has 126 valence electrons. The Hall–Kier alpha value is -2.18. The molecule has 1 aromatic heterocycles. The number of hydrogen-bond acceptors (Lipinski definition) is 5. The van der Waals surface area contributed by atoms with Gasteiger partial charge in [-0.3, -0.25) is 4.79 Å². The molecule has 6 nitrogen and oxygen atoms in total. The summed E-state index contributed by atoms with van der Waals surface area (Å²) in [6, 6.07) is 7.27. The second-order valence-corrected chi connectivity index (χ2v) is 6.11. The molecule has 0 radical (unpaired) electrons. The molecule has 2 aromatic rings. The number of benzene rings is 1. The lowest BCUT2D eigenvalue weighted by Crippen LogP contribution is -2.41. The molecule has 0 bridgehead atoms. The Bertz CT molecular complexity index is 760. The van der Waals surface area contributed by atoms with Gasteiger partial charge in [-0.15, -0.1) is 0 Å². The number of aryl methyl sites for hydroxylation is 2. The van der Waals surface area contributed by atoms with Gasteiger partial charge in [0, 0.05) is 29.9 Å². The summed E-state index contributed by atoms with van der Waals surface area (Å²) in [7, 11) is 0. The molecule has 1 amide bonds. The number of ether oxygens (including phenoxy) is 1. The highest BCUT2D eigenvalue weighted by molar-refractivity contribution is 6.30. The highest BCUT2D eigenvalue weighted by Gasteiger charge is 2.20. The molecule has 1 aliphatic rings. The van der Waals surface area contributed by atoms with E-state index < -0.39 is 0 Å². The van der Waals surface area contributed by atoms with Crippen molar-refractivity contribution < 1.29 is 9.53 Å². The van der Waals surface area contributed by atoms with Crippen LogP contribution in [0.1, 0.15) is 21.9 Å². The molecule has 1 saturated heterocycles. The van der Waals surface area contributed by atoms with Crippen LogP contribution in [-0.4, -0.2) is 47.1 Å². The van der Waals surface area contributed by atoms with Crippen molar-refractivity contribution in [3.8, 4) is 0 Å². The molecule has 3 rings (SSSR count). The van der Waals surface area contributed by atoms with Crippen LogP contribution in [0.4, 0.5) is 11.5 Å². The van der Waals surface area contributed by atoms with E-state index in [0.717, 1.165) is 11.3 Å². The van der Waals surface area contributed by atoms with Crippen molar-refractivity contribution in [2.45, 2.75) is 13.8 Å². The predicted molar refractivity (Wildman–Crippen MR) is 93.0 cm³/mol. The van der Waals surface area contributed by atoms with E-state index in [9.17, 15) is 4.79 Å². The first-order chi connectivity index (χ1) is 11.5. The summed E-state index contributed by atoms with van der Waals surface area (Å²) in [5, 5.41) is 3.86. The normalized spacial score (nSPS) is 14.5. The summed E-state index contributed by atoms with van der Waals surface area (Å²) in [5.74, 6) is 1.01. The zero-order valence-corrected chi connectivity index (χ0v) is 14.4. The van der Waals surface area contributed by atoms with E-state index >= 15 is 0 Å². The maximum absolute atomic E-state index is 12.6. The minimum absolute atomic E-state index is 0.102. The number of carbonyl (C=O) groups is 1. The lowest BCUT2D eigenvalue weighted by Gasteiger charge is -2.26. The summed E-state index contributed by atoms with van der Waals surface area (Å²) in [6.45, 7) is 6.03. The molecule has 1 N–H and O–H groups in total. The summed E-state index contributed by atoms with van der Waals surface area (Å²) in [6.07, 6.45) is 0. The zero-order valence-electron chi connectivity index (χ0n) is 13.7. The maximum atomic E-state index is 12.6. The van der Waals surface area contributed by atoms with Gasteiger partial charge in [-0.1, -0.05) is 17.7 Å². The number of hydrogen-bond donors (Lipinski definition) is 1. The van der Waals surface area contributed by atoms with Crippen molar-refractivity contribution in [2.24, 2.45) is 0 Å². The number of nitrogens with one attached hydrogen (secondary N) is 1. The van der Waals surface area contributed by atoms with E-state index in [2.05, 4.69) is 15.3 Å². The summed E-state index contributed by atoms with van der Waals surface area (Å²) in [4.78, 5) is 23.0. The first-order valence-corrected chi connectivity index (χ1v) is 8.16. The third-order valence-corrected chi connectivity index (χ3v) is 4.05. The van der Waals surface area contributed by atoms with Crippen LogP contribution in [0, 0.1) is 13.8 Å². The fourth-order valence-electron chi connectivity index (χ4n) is 2.54. The Balaban J connectivity index is 1.85. The average molecular weight is 347 g/mol. The fourth-order valence-corrected chi connectivity index (χ4v) is 2.71. The largest absolute Gasteiger partial charge is 0.378 e. The van der Waals surface area contributed by atoms with Crippen molar-refractivity contribution in [1.82, 2.24) is 14.9 Å². The first kappa shape index (κ1) is 16.7. The molecular formula is C17H19ClN4O2. The fraction of sp³-hybridized carbons (Fsp3) is 0.353. The van der Waals surface area contributed by atoms with Crippen molar-refractivity contribution in [1.29, 1.82) is 0 Å². The van der Waals surface area contributed by atoms with Gasteiger partial charge in [0.25, 0.3) is 5.91 Å². The number of nitrogens with zero attached hydrogens (tertiary/aromatic N) is 3. The van der Waals surface area contributed by atoms with Crippen LogP contribution in [-0.2, 0) is 4.74 Å². The van der Waals surface area contributed by atoms with Gasteiger partial charge >= 0.3 is 0 Å². The molecule has 24 heavy (non-hydrogen) atoms. The lowest BCUT2D eigenvalue weighted by molar-refractivity contribution is 0.0299. The van der Waals surface area contributed by atoms with E-state index in [4.69, 9.17) is 16.3 Å². The molecule has 0 saturated carbocycles. The Morgan fingerprint density at radius 1 is 1.21 bits per heavy atom. The summed E-state index contributed by atoms with van der Waals surface area (Å²) < 4.78 is 5.29. The van der Waals surface area contributed by atoms with Crippen LogP contribution in [0.5, 0.6) is 0 Å². The Morgan fingerprint density at radius 3 is 2.71 bits per heavy atom. The monoisotopic (exact) mass is 346 g/mol. The SMILES string of the molecule is Cc1nc(Nc2cc(Cl)ccc2C)cc(C(=O)N2CCOCC2)n1. The standard InChI is InChI=1S/C17H19ClN4O2/c1-11-3-4-13(18)9-14(11)21-16-10-15(19-12(2)20-16)17(23)22-5-7-24-8-6-22/h3-4,9-10H,5-8H2,1-2H3,(H,19,20,21). The smallest absolute Gasteiger partial charge is 0.272 e. The zero-order chi connectivity index (χ0) is 17.1. The molecular weight excluding hydrogens is 328 g/mol. The third-order valence-electron chi connectivity index (χ3n) is 3.82. The molecule has 7 heteroatoms. The second-order valence-electron chi connectivity index (χ2n) is 5.67. The van der Waals surface area contributed by atoms with Crippen LogP contribution >= 0.6 is 11.6 Å². The van der Waals surface area contributed by atoms with Gasteiger partial charge in [0.2, 0.25) is 0 Å². The predicted octanol–water partition coefficient (Wildman–Crippen LogP) is 2.96. The summed E-state index contributed by atoms with van der Waals surface area (Å²) in [5.41, 5.74) is 2.27. The van der Waals surface area contributed by atoms with E-state index in [-0.39, 0.29) is 5.91 Å². The van der Waals surface area contributed by atoms with Crippen LogP contribution in [0.15, 0.2) is 24.3 Å². The van der Waals surface area contributed by atoms with Gasteiger partial charge in [-0.25, -0.2) is 9.97 Å². The molecule has 0 unspecified atom stereocenters. The third kappa shape index (κ3) is 3.83. The highest BCUT2D eigenvalue weighted by atomic mass is 35.5. The van der Waals surface area contributed by atoms with Gasteiger partial charge in [-0.2, -0.15) is 0 Å². The molecule has 1 aliphatic heterocycles. The molecule has 0 spiro atoms. The number of anilines is 2. The quantitative estimate of drug-likeness (QED) is 0.925. The van der Waals surface area contributed by atoms with Crippen LogP contribution in [0.2, 0.25) is 5.02 Å². The second kappa shape index (κ2) is 7.15. The molecule has 0 aliphatic carbocycles. The minimum atomic E-state index is -0.102. The Morgan fingerprint density at radius 2 is 1.96 bits per heavy atom. The van der Waals surface area contributed by atoms with E-state index in [1.165, 1.54) is 0 Å². The minimum Gasteiger partial charge on any atom is -0.378 e. The van der Waals surface area contributed by atoms with Gasteiger partial charge in [-0.05, 0) is 31.5 Å². The van der Waals surface area contributed by atoms with Crippen LogP contribution in [0.3, 0.4) is 0 Å². The molecule has 2 heterocycles. The topological polar surface area (TPSA) is 67.4 Å². The van der Waals surface area contributed by atoms with E-state index in [1.807, 2.05) is 25.1 Å². The molecule has 1 fully saturated rings. The number of rotatable bonds is 3. The maximum Gasteiger partial charge on any atom is 0.272 e. The van der Waals surface area contributed by atoms with Gasteiger partial charge in [0.15, 0.2) is 0 Å². The number of aromatic nitrogens is 2. The van der Waals surface area contributed by atoms with Crippen LogP contribution in [0.25, 0.3) is 0 Å². The van der Waals surface area contributed by atoms with Crippen molar-refractivity contribution >= 4 is 29.0 Å². The number of amides is 1. The first-order valence-electron chi connectivity index (χ1n) is 7.79. The number of morpholine rings is 1. The Labute approximate surface area is 145 Å². The number of halogens is 1. The Kier molecular flexibility index (Phi) is 4.97. The van der Waals surface area contributed by atoms with Crippen molar-refractivity contribution in [2.75, 3.05) is 31.6 Å². The van der Waals surface area contributed by atoms with Gasteiger partial charge < -0.3 is 15.0 Å². The van der Waals surface area contributed by atoms with Gasteiger partial charge in [0.05, 0.1) is 13.2 Å². The van der Waals surface area contributed by atoms with E-state index in [0.29, 0.717) is 48.7 Å². The van der Waals surface area contributed by atoms with Crippen molar-refractivity contribution in [3.63, 3.8) is 0 Å². The van der Waals surface area contributed by atoms with E-state index in [1.54, 1.807) is 17.9 Å². The van der Waals surface area contributed by atoms with Gasteiger partial charge in [0.1, 0.15) is 17.3 Å². The van der Waals surface area contributed by atoms with Crippen molar-refractivity contribution in [3.05, 3.63) is 46.4 Å². The lowest BCUT2D eigenvalue weighted by atomic mass is 10.2. The average Bonchev–Trinajstić information content (AvgIpc) is 2.58. The van der Waals surface area contributed by atoms with Crippen LogP contribution < -0.4 is 5.32 Å². The highest BCUT2D eigenvalue weighted by Crippen LogP contribution is 2.24.